The monoisotopic (exact) mass is 241 g/mol. The molecule has 3 nitrogen and oxygen atoms in total. The quantitative estimate of drug-likeness (QED) is 0.876. The highest BCUT2D eigenvalue weighted by atomic mass is 15.3. The van der Waals surface area contributed by atoms with Gasteiger partial charge in [-0.3, -0.25) is 0 Å². The number of nitrogens with one attached hydrogen (secondary N) is 1. The second kappa shape index (κ2) is 4.58. The van der Waals surface area contributed by atoms with Crippen molar-refractivity contribution in [2.75, 3.05) is 7.05 Å². The van der Waals surface area contributed by atoms with Crippen LogP contribution in [0.5, 0.6) is 0 Å². The molecular weight excluding hydrogens is 222 g/mol. The van der Waals surface area contributed by atoms with Gasteiger partial charge in [0.05, 0.1) is 11.9 Å². The van der Waals surface area contributed by atoms with Crippen LogP contribution in [-0.4, -0.2) is 16.8 Å². The van der Waals surface area contributed by atoms with Crippen molar-refractivity contribution < 1.29 is 0 Å². The lowest BCUT2D eigenvalue weighted by Gasteiger charge is -2.22. The summed E-state index contributed by atoms with van der Waals surface area (Å²) in [5.74, 6) is 0. The molecular formula is C15H19N3. The van der Waals surface area contributed by atoms with Crippen molar-refractivity contribution in [1.82, 2.24) is 15.1 Å². The Morgan fingerprint density at radius 2 is 2.17 bits per heavy atom. The maximum absolute atomic E-state index is 4.60. The number of fused-ring (bicyclic) bond motifs is 1. The number of nitrogens with zero attached hydrogens (tertiary/aromatic N) is 2. The summed E-state index contributed by atoms with van der Waals surface area (Å²) in [5.41, 5.74) is 5.22. The zero-order valence-electron chi connectivity index (χ0n) is 11.0. The lowest BCUT2D eigenvalue weighted by atomic mass is 9.93. The molecule has 0 aliphatic heterocycles. The van der Waals surface area contributed by atoms with Crippen LogP contribution in [0.1, 0.15) is 35.7 Å². The van der Waals surface area contributed by atoms with Gasteiger partial charge in [0, 0.05) is 17.3 Å². The first-order valence-corrected chi connectivity index (χ1v) is 6.61. The lowest BCUT2D eigenvalue weighted by molar-refractivity contribution is 0.490. The molecule has 0 fully saturated rings. The van der Waals surface area contributed by atoms with Crippen LogP contribution in [0.15, 0.2) is 30.5 Å². The molecule has 0 amide bonds. The number of hydrogen-bond donors (Lipinski definition) is 1. The van der Waals surface area contributed by atoms with Crippen LogP contribution in [0.3, 0.4) is 0 Å². The van der Waals surface area contributed by atoms with Crippen LogP contribution in [-0.2, 0) is 6.42 Å². The summed E-state index contributed by atoms with van der Waals surface area (Å²) in [6, 6.07) is 8.90. The maximum atomic E-state index is 4.60. The van der Waals surface area contributed by atoms with E-state index in [1.54, 1.807) is 0 Å². The normalized spacial score (nSPS) is 18.7. The third-order valence-corrected chi connectivity index (χ3v) is 3.88. The molecule has 3 heteroatoms. The number of benzene rings is 1. The summed E-state index contributed by atoms with van der Waals surface area (Å²) in [6.07, 6.45) is 5.60. The van der Waals surface area contributed by atoms with Crippen molar-refractivity contribution in [1.29, 1.82) is 0 Å². The number of rotatable bonds is 2. The van der Waals surface area contributed by atoms with Gasteiger partial charge in [0.1, 0.15) is 0 Å². The summed E-state index contributed by atoms with van der Waals surface area (Å²) in [5, 5.41) is 7.99. The van der Waals surface area contributed by atoms with E-state index in [9.17, 15) is 0 Å². The Kier molecular flexibility index (Phi) is 2.92. The van der Waals surface area contributed by atoms with E-state index in [0.29, 0.717) is 6.04 Å². The fourth-order valence-corrected chi connectivity index (χ4v) is 2.87. The Hall–Kier alpha value is -1.61. The molecule has 3 rings (SSSR count). The molecule has 1 aliphatic rings. The Morgan fingerprint density at radius 1 is 1.33 bits per heavy atom. The first kappa shape index (κ1) is 11.5. The second-order valence-corrected chi connectivity index (χ2v) is 4.98. The van der Waals surface area contributed by atoms with Gasteiger partial charge in [-0.1, -0.05) is 18.2 Å². The van der Waals surface area contributed by atoms with Gasteiger partial charge >= 0.3 is 0 Å². The van der Waals surface area contributed by atoms with Crippen molar-refractivity contribution in [3.8, 4) is 5.69 Å². The maximum Gasteiger partial charge on any atom is 0.0678 e. The van der Waals surface area contributed by atoms with Crippen molar-refractivity contribution in [2.45, 2.75) is 32.2 Å². The SMILES string of the molecule is CNC1CCCc2c1cnn2-c1ccccc1C. The van der Waals surface area contributed by atoms with Gasteiger partial charge in [0.2, 0.25) is 0 Å². The van der Waals surface area contributed by atoms with E-state index in [1.165, 1.54) is 35.3 Å². The van der Waals surface area contributed by atoms with E-state index in [0.717, 1.165) is 6.42 Å². The van der Waals surface area contributed by atoms with Gasteiger partial charge in [-0.2, -0.15) is 5.10 Å². The molecule has 1 unspecified atom stereocenters. The largest absolute Gasteiger partial charge is 0.313 e. The van der Waals surface area contributed by atoms with Crippen LogP contribution >= 0.6 is 0 Å². The van der Waals surface area contributed by atoms with E-state index in [4.69, 9.17) is 0 Å². The molecule has 0 bridgehead atoms. The minimum Gasteiger partial charge on any atom is -0.313 e. The third-order valence-electron chi connectivity index (χ3n) is 3.88. The molecule has 0 spiro atoms. The van der Waals surface area contributed by atoms with Crippen molar-refractivity contribution in [2.24, 2.45) is 0 Å². The van der Waals surface area contributed by atoms with Gasteiger partial charge in [-0.15, -0.1) is 0 Å². The number of para-hydroxylation sites is 1. The third kappa shape index (κ3) is 1.75. The summed E-state index contributed by atoms with van der Waals surface area (Å²) >= 11 is 0. The van der Waals surface area contributed by atoms with Gasteiger partial charge < -0.3 is 5.32 Å². The molecule has 1 atom stereocenters. The molecule has 2 aromatic rings. The minimum atomic E-state index is 0.464. The van der Waals surface area contributed by atoms with Gasteiger partial charge in [-0.05, 0) is 44.9 Å². The lowest BCUT2D eigenvalue weighted by Crippen LogP contribution is -2.21. The number of aryl methyl sites for hydroxylation is 1. The zero-order valence-corrected chi connectivity index (χ0v) is 11.0. The second-order valence-electron chi connectivity index (χ2n) is 4.98. The minimum absolute atomic E-state index is 0.464. The van der Waals surface area contributed by atoms with E-state index < -0.39 is 0 Å². The highest BCUT2D eigenvalue weighted by Gasteiger charge is 2.23. The summed E-state index contributed by atoms with van der Waals surface area (Å²) in [6.45, 7) is 2.14. The fourth-order valence-electron chi connectivity index (χ4n) is 2.87. The Bertz CT molecular complexity index is 557. The molecule has 1 N–H and O–H groups in total. The molecule has 18 heavy (non-hydrogen) atoms. The molecule has 1 aromatic carbocycles. The van der Waals surface area contributed by atoms with Crippen LogP contribution in [0.2, 0.25) is 0 Å². The predicted octanol–water partition coefficient (Wildman–Crippen LogP) is 2.78. The first-order valence-electron chi connectivity index (χ1n) is 6.61. The van der Waals surface area contributed by atoms with Crippen LogP contribution in [0, 0.1) is 6.92 Å². The molecule has 1 heterocycles. The molecule has 0 saturated carbocycles. The fraction of sp³-hybridized carbons (Fsp3) is 0.400. The highest BCUT2D eigenvalue weighted by molar-refractivity contribution is 5.42. The van der Waals surface area contributed by atoms with E-state index in [2.05, 4.69) is 46.3 Å². The first-order chi connectivity index (χ1) is 8.81. The van der Waals surface area contributed by atoms with E-state index in [-0.39, 0.29) is 0 Å². The van der Waals surface area contributed by atoms with Crippen LogP contribution in [0.25, 0.3) is 5.69 Å². The topological polar surface area (TPSA) is 29.9 Å². The highest BCUT2D eigenvalue weighted by Crippen LogP contribution is 2.31. The average molecular weight is 241 g/mol. The number of hydrogen-bond acceptors (Lipinski definition) is 2. The van der Waals surface area contributed by atoms with E-state index >= 15 is 0 Å². The summed E-state index contributed by atoms with van der Waals surface area (Å²) < 4.78 is 2.12. The van der Waals surface area contributed by atoms with Gasteiger partial charge in [-0.25, -0.2) is 4.68 Å². The predicted molar refractivity (Wildman–Crippen MR) is 73.0 cm³/mol. The van der Waals surface area contributed by atoms with Crippen LogP contribution < -0.4 is 5.32 Å². The Labute approximate surface area is 108 Å². The van der Waals surface area contributed by atoms with Crippen LogP contribution in [0.4, 0.5) is 0 Å². The molecule has 0 saturated heterocycles. The molecule has 1 aromatic heterocycles. The summed E-state index contributed by atoms with van der Waals surface area (Å²) in [7, 11) is 2.03. The number of aromatic nitrogens is 2. The van der Waals surface area contributed by atoms with Crippen molar-refractivity contribution in [3.05, 3.63) is 47.3 Å². The van der Waals surface area contributed by atoms with Crippen molar-refractivity contribution in [3.63, 3.8) is 0 Å². The molecule has 0 radical (unpaired) electrons. The standard InChI is InChI=1S/C15H19N3/c1-11-6-3-4-8-14(11)18-15-9-5-7-13(16-2)12(15)10-17-18/h3-4,6,8,10,13,16H,5,7,9H2,1-2H3. The van der Waals surface area contributed by atoms with Gasteiger partial charge in [0.15, 0.2) is 0 Å². The Balaban J connectivity index is 2.10. The zero-order chi connectivity index (χ0) is 12.5. The van der Waals surface area contributed by atoms with Gasteiger partial charge in [0.25, 0.3) is 0 Å². The molecule has 94 valence electrons. The average Bonchev–Trinajstić information content (AvgIpc) is 2.83. The summed E-state index contributed by atoms with van der Waals surface area (Å²) in [4.78, 5) is 0. The molecule has 1 aliphatic carbocycles. The van der Waals surface area contributed by atoms with Crippen molar-refractivity contribution >= 4 is 0 Å². The smallest absolute Gasteiger partial charge is 0.0678 e. The van der Waals surface area contributed by atoms with E-state index in [1.807, 2.05) is 13.2 Å². The Morgan fingerprint density at radius 3 is 2.94 bits per heavy atom.